The van der Waals surface area contributed by atoms with Crippen LogP contribution in [-0.2, 0) is 0 Å². The maximum absolute atomic E-state index is 5.88. The molecule has 0 fully saturated rings. The van der Waals surface area contributed by atoms with Gasteiger partial charge in [-0.2, -0.15) is 0 Å². The molecular formula is C13H11N3OS. The number of aryl methyl sites for hydroxylation is 1. The molecule has 3 aromatic heterocycles. The van der Waals surface area contributed by atoms with Gasteiger partial charge in [0.1, 0.15) is 5.69 Å². The van der Waals surface area contributed by atoms with E-state index in [4.69, 9.17) is 10.3 Å². The Morgan fingerprint density at radius 3 is 2.67 bits per heavy atom. The van der Waals surface area contributed by atoms with Gasteiger partial charge in [-0.1, -0.05) is 5.16 Å². The largest absolute Gasteiger partial charge is 0.367 e. The number of aromatic nitrogens is 2. The first kappa shape index (κ1) is 11.0. The summed E-state index contributed by atoms with van der Waals surface area (Å²) in [6, 6.07) is 5.85. The first-order chi connectivity index (χ1) is 8.77. The highest BCUT2D eigenvalue weighted by atomic mass is 32.1. The smallest absolute Gasteiger partial charge is 0.230 e. The topological polar surface area (TPSA) is 64.9 Å². The van der Waals surface area contributed by atoms with Crippen LogP contribution in [0.4, 0.5) is 5.88 Å². The summed E-state index contributed by atoms with van der Waals surface area (Å²) in [6.45, 7) is 2.05. The molecule has 0 aliphatic heterocycles. The van der Waals surface area contributed by atoms with E-state index in [1.807, 2.05) is 24.4 Å². The lowest BCUT2D eigenvalue weighted by Gasteiger charge is -2.01. The molecular weight excluding hydrogens is 246 g/mol. The molecule has 0 aliphatic rings. The Kier molecular flexibility index (Phi) is 2.60. The van der Waals surface area contributed by atoms with Crippen LogP contribution in [-0.4, -0.2) is 10.1 Å². The second-order valence-corrected chi connectivity index (χ2v) is 4.86. The van der Waals surface area contributed by atoms with Gasteiger partial charge >= 0.3 is 0 Å². The quantitative estimate of drug-likeness (QED) is 0.764. The summed E-state index contributed by atoms with van der Waals surface area (Å²) in [7, 11) is 0. The molecule has 4 nitrogen and oxygen atoms in total. The summed E-state index contributed by atoms with van der Waals surface area (Å²) in [5.41, 5.74) is 9.65. The van der Waals surface area contributed by atoms with Gasteiger partial charge in [-0.05, 0) is 41.6 Å². The lowest BCUT2D eigenvalue weighted by Crippen LogP contribution is -1.87. The van der Waals surface area contributed by atoms with E-state index >= 15 is 0 Å². The van der Waals surface area contributed by atoms with Gasteiger partial charge in [-0.25, -0.2) is 0 Å². The molecule has 3 aromatic rings. The minimum absolute atomic E-state index is 0.337. The van der Waals surface area contributed by atoms with Gasteiger partial charge in [0.05, 0.1) is 10.4 Å². The Hall–Kier alpha value is -2.14. The van der Waals surface area contributed by atoms with Gasteiger partial charge in [-0.3, -0.25) is 4.98 Å². The highest BCUT2D eigenvalue weighted by Gasteiger charge is 2.19. The average Bonchev–Trinajstić information content (AvgIpc) is 2.96. The van der Waals surface area contributed by atoms with E-state index in [0.29, 0.717) is 5.88 Å². The van der Waals surface area contributed by atoms with Crippen LogP contribution in [0.1, 0.15) is 5.56 Å². The molecule has 0 radical (unpaired) electrons. The Bertz CT molecular complexity index is 673. The van der Waals surface area contributed by atoms with Gasteiger partial charge in [0.25, 0.3) is 0 Å². The molecule has 5 heteroatoms. The van der Waals surface area contributed by atoms with Crippen molar-refractivity contribution in [3.63, 3.8) is 0 Å². The zero-order valence-electron chi connectivity index (χ0n) is 9.75. The number of thiophene rings is 1. The molecule has 3 rings (SSSR count). The van der Waals surface area contributed by atoms with E-state index in [-0.39, 0.29) is 0 Å². The van der Waals surface area contributed by atoms with Crippen molar-refractivity contribution in [3.8, 4) is 21.7 Å². The van der Waals surface area contributed by atoms with Crippen molar-refractivity contribution in [2.45, 2.75) is 6.92 Å². The number of hydrogen-bond acceptors (Lipinski definition) is 5. The summed E-state index contributed by atoms with van der Waals surface area (Å²) >= 11 is 1.63. The number of nitrogen functional groups attached to an aromatic ring is 1. The first-order valence-corrected chi connectivity index (χ1v) is 6.35. The number of nitrogens with zero attached hydrogens (tertiary/aromatic N) is 2. The fourth-order valence-corrected chi connectivity index (χ4v) is 2.78. The zero-order valence-corrected chi connectivity index (χ0v) is 10.6. The van der Waals surface area contributed by atoms with E-state index in [1.54, 1.807) is 23.7 Å². The van der Waals surface area contributed by atoms with Gasteiger partial charge in [-0.15, -0.1) is 11.3 Å². The molecule has 0 aliphatic carbocycles. The van der Waals surface area contributed by atoms with Crippen molar-refractivity contribution in [2.24, 2.45) is 0 Å². The van der Waals surface area contributed by atoms with Crippen LogP contribution >= 0.6 is 11.3 Å². The van der Waals surface area contributed by atoms with E-state index in [0.717, 1.165) is 21.7 Å². The average molecular weight is 257 g/mol. The van der Waals surface area contributed by atoms with E-state index in [2.05, 4.69) is 16.2 Å². The summed E-state index contributed by atoms with van der Waals surface area (Å²) in [5.74, 6) is 0.337. The van der Waals surface area contributed by atoms with Crippen LogP contribution < -0.4 is 5.73 Å². The number of nitrogens with two attached hydrogens (primary N) is 1. The SMILES string of the molecule is Cc1ccsc1-c1noc(N)c1-c1ccncc1. The van der Waals surface area contributed by atoms with Crippen LogP contribution in [0.15, 0.2) is 40.5 Å². The van der Waals surface area contributed by atoms with Crippen LogP contribution in [0.25, 0.3) is 21.7 Å². The zero-order chi connectivity index (χ0) is 12.5. The lowest BCUT2D eigenvalue weighted by atomic mass is 10.1. The van der Waals surface area contributed by atoms with Crippen LogP contribution in [0, 0.1) is 6.92 Å². The van der Waals surface area contributed by atoms with Crippen molar-refractivity contribution in [1.82, 2.24) is 10.1 Å². The molecule has 2 N–H and O–H groups in total. The lowest BCUT2D eigenvalue weighted by molar-refractivity contribution is 0.439. The number of rotatable bonds is 2. The summed E-state index contributed by atoms with van der Waals surface area (Å²) in [4.78, 5) is 5.09. The maximum Gasteiger partial charge on any atom is 0.230 e. The van der Waals surface area contributed by atoms with Crippen LogP contribution in [0.3, 0.4) is 0 Å². The predicted octanol–water partition coefficient (Wildman–Crippen LogP) is 3.36. The summed E-state index contributed by atoms with van der Waals surface area (Å²) < 4.78 is 5.14. The Balaban J connectivity index is 2.22. The van der Waals surface area contributed by atoms with E-state index in [9.17, 15) is 0 Å². The van der Waals surface area contributed by atoms with Crippen molar-refractivity contribution in [3.05, 3.63) is 41.5 Å². The number of hydrogen-bond donors (Lipinski definition) is 1. The number of pyridine rings is 1. The highest BCUT2D eigenvalue weighted by molar-refractivity contribution is 7.13. The van der Waals surface area contributed by atoms with Gasteiger partial charge in [0.15, 0.2) is 0 Å². The molecule has 0 spiro atoms. The Labute approximate surface area is 108 Å². The van der Waals surface area contributed by atoms with Crippen LogP contribution in [0.5, 0.6) is 0 Å². The molecule has 0 atom stereocenters. The fourth-order valence-electron chi connectivity index (χ4n) is 1.87. The molecule has 0 bridgehead atoms. The first-order valence-electron chi connectivity index (χ1n) is 5.47. The second-order valence-electron chi connectivity index (χ2n) is 3.94. The van der Waals surface area contributed by atoms with Crippen molar-refractivity contribution < 1.29 is 4.52 Å². The fraction of sp³-hybridized carbons (Fsp3) is 0.0769. The normalized spacial score (nSPS) is 10.7. The predicted molar refractivity (Wildman–Crippen MR) is 72.2 cm³/mol. The molecule has 0 unspecified atom stereocenters. The molecule has 90 valence electrons. The Morgan fingerprint density at radius 2 is 2.00 bits per heavy atom. The molecule has 0 saturated carbocycles. The summed E-state index contributed by atoms with van der Waals surface area (Å²) in [6.07, 6.45) is 3.46. The maximum atomic E-state index is 5.88. The second kappa shape index (κ2) is 4.27. The standard InChI is InChI=1S/C13H11N3OS/c1-8-4-7-18-12(8)11-10(13(14)17-16-11)9-2-5-15-6-3-9/h2-7H,14H2,1H3. The van der Waals surface area contributed by atoms with E-state index < -0.39 is 0 Å². The third-order valence-electron chi connectivity index (χ3n) is 2.76. The van der Waals surface area contributed by atoms with Crippen molar-refractivity contribution in [2.75, 3.05) is 5.73 Å². The highest BCUT2D eigenvalue weighted by Crippen LogP contribution is 2.39. The van der Waals surface area contributed by atoms with Gasteiger partial charge in [0.2, 0.25) is 5.88 Å². The Morgan fingerprint density at radius 1 is 1.22 bits per heavy atom. The third-order valence-corrected chi connectivity index (χ3v) is 3.79. The van der Waals surface area contributed by atoms with E-state index in [1.165, 1.54) is 5.56 Å². The third kappa shape index (κ3) is 1.69. The molecule has 0 saturated heterocycles. The van der Waals surface area contributed by atoms with Gasteiger partial charge in [0, 0.05) is 12.4 Å². The number of anilines is 1. The van der Waals surface area contributed by atoms with Gasteiger partial charge < -0.3 is 10.3 Å². The molecule has 0 aromatic carbocycles. The van der Waals surface area contributed by atoms with Crippen molar-refractivity contribution >= 4 is 17.2 Å². The molecule has 3 heterocycles. The summed E-state index contributed by atoms with van der Waals surface area (Å²) in [5, 5.41) is 6.12. The van der Waals surface area contributed by atoms with Crippen molar-refractivity contribution in [1.29, 1.82) is 0 Å². The monoisotopic (exact) mass is 257 g/mol. The molecule has 18 heavy (non-hydrogen) atoms. The molecule has 0 amide bonds. The minimum Gasteiger partial charge on any atom is -0.367 e. The van der Waals surface area contributed by atoms with Crippen LogP contribution in [0.2, 0.25) is 0 Å². The minimum atomic E-state index is 0.337.